The van der Waals surface area contributed by atoms with Gasteiger partial charge in [-0.1, -0.05) is 0 Å². The minimum Gasteiger partial charge on any atom is -0.397 e. The van der Waals surface area contributed by atoms with E-state index >= 15 is 0 Å². The van der Waals surface area contributed by atoms with Crippen molar-refractivity contribution in [3.8, 4) is 0 Å². The summed E-state index contributed by atoms with van der Waals surface area (Å²) in [6, 6.07) is 0. The summed E-state index contributed by atoms with van der Waals surface area (Å²) in [6.07, 6.45) is 9.93. The maximum atomic E-state index is 7.57. The van der Waals surface area contributed by atoms with Crippen LogP contribution in [0.3, 0.4) is 0 Å². The van der Waals surface area contributed by atoms with Gasteiger partial charge in [-0.3, -0.25) is 0 Å². The lowest BCUT2D eigenvalue weighted by atomic mass is 9.36. The molecule has 0 aliphatic heterocycles. The SMILES string of the molecule is C1C2CC3C4CC5CC(C14)C(C2)C3C5.CCO. The zero-order chi connectivity index (χ0) is 11.6. The Morgan fingerprint density at radius 2 is 0.824 bits per heavy atom. The van der Waals surface area contributed by atoms with Gasteiger partial charge in [-0.25, -0.2) is 0 Å². The van der Waals surface area contributed by atoms with Gasteiger partial charge in [-0.15, -0.1) is 0 Å². The van der Waals surface area contributed by atoms with Crippen molar-refractivity contribution in [1.82, 2.24) is 0 Å². The molecule has 0 aromatic rings. The van der Waals surface area contributed by atoms with Crippen molar-refractivity contribution in [2.45, 2.75) is 45.4 Å². The first-order valence-electron chi connectivity index (χ1n) is 7.92. The number of aliphatic hydroxyl groups excluding tert-OH is 1. The van der Waals surface area contributed by atoms with Gasteiger partial charge in [0, 0.05) is 6.61 Å². The fraction of sp³-hybridized carbons (Fsp3) is 1.00. The van der Waals surface area contributed by atoms with E-state index in [0.717, 1.165) is 0 Å². The standard InChI is InChI=1S/C14H20.C2H6O/c1-7-2-12-10-4-8-5-11(9(1)10)13(3-7)14(12)6-8;1-2-3/h7-14H,1-6H2;3H,2H2,1H3. The zero-order valence-electron chi connectivity index (χ0n) is 11.0. The van der Waals surface area contributed by atoms with E-state index in [1.165, 1.54) is 47.3 Å². The van der Waals surface area contributed by atoms with Crippen LogP contribution >= 0.6 is 0 Å². The van der Waals surface area contributed by atoms with Crippen LogP contribution in [0.5, 0.6) is 0 Å². The number of hydrogen-bond donors (Lipinski definition) is 1. The van der Waals surface area contributed by atoms with Gasteiger partial charge < -0.3 is 5.11 Å². The van der Waals surface area contributed by atoms with E-state index in [0.29, 0.717) is 0 Å². The van der Waals surface area contributed by atoms with Crippen LogP contribution in [0.25, 0.3) is 0 Å². The van der Waals surface area contributed by atoms with Gasteiger partial charge in [-0.2, -0.15) is 0 Å². The maximum Gasteiger partial charge on any atom is 0.0402 e. The summed E-state index contributed by atoms with van der Waals surface area (Å²) < 4.78 is 0. The number of rotatable bonds is 0. The first-order chi connectivity index (χ1) is 8.31. The maximum absolute atomic E-state index is 7.57. The monoisotopic (exact) mass is 234 g/mol. The summed E-state index contributed by atoms with van der Waals surface area (Å²) >= 11 is 0. The Hall–Kier alpha value is -0.0400. The molecule has 1 N–H and O–H groups in total. The third-order valence-corrected chi connectivity index (χ3v) is 6.93. The summed E-state index contributed by atoms with van der Waals surface area (Å²) in [4.78, 5) is 0. The van der Waals surface area contributed by atoms with Gasteiger partial charge in [-0.05, 0) is 92.8 Å². The second-order valence-electron chi connectivity index (χ2n) is 7.45. The molecule has 96 valence electrons. The van der Waals surface area contributed by atoms with Crippen molar-refractivity contribution in [2.75, 3.05) is 6.61 Å². The van der Waals surface area contributed by atoms with Crippen LogP contribution in [0.2, 0.25) is 0 Å². The van der Waals surface area contributed by atoms with Crippen molar-refractivity contribution in [3.63, 3.8) is 0 Å². The van der Waals surface area contributed by atoms with Gasteiger partial charge in [0.05, 0.1) is 0 Å². The highest BCUT2D eigenvalue weighted by molar-refractivity contribution is 5.12. The average molecular weight is 234 g/mol. The van der Waals surface area contributed by atoms with E-state index in [9.17, 15) is 0 Å². The molecule has 0 saturated heterocycles. The van der Waals surface area contributed by atoms with E-state index < -0.39 is 0 Å². The van der Waals surface area contributed by atoms with Crippen LogP contribution in [0.1, 0.15) is 45.4 Å². The van der Waals surface area contributed by atoms with Crippen molar-refractivity contribution in [1.29, 1.82) is 0 Å². The van der Waals surface area contributed by atoms with Crippen molar-refractivity contribution in [2.24, 2.45) is 47.3 Å². The lowest BCUT2D eigenvalue weighted by molar-refractivity contribution is -0.202. The molecule has 7 saturated carbocycles. The first-order valence-corrected chi connectivity index (χ1v) is 7.92. The van der Waals surface area contributed by atoms with E-state index in [4.69, 9.17) is 5.11 Å². The van der Waals surface area contributed by atoms with Crippen LogP contribution < -0.4 is 0 Å². The molecule has 8 bridgehead atoms. The van der Waals surface area contributed by atoms with E-state index in [1.54, 1.807) is 45.4 Å². The Bertz CT molecular complexity index is 223. The molecular weight excluding hydrogens is 208 g/mol. The highest BCUT2D eigenvalue weighted by Gasteiger charge is 2.63. The quantitative estimate of drug-likeness (QED) is 0.681. The van der Waals surface area contributed by atoms with Crippen LogP contribution in [0, 0.1) is 47.3 Å². The molecule has 7 aliphatic rings. The molecule has 0 heterocycles. The largest absolute Gasteiger partial charge is 0.397 e. The molecule has 0 spiro atoms. The average Bonchev–Trinajstić information content (AvgIpc) is 2.36. The lowest BCUT2D eigenvalue weighted by Crippen LogP contribution is -2.62. The minimum atomic E-state index is 0.250. The summed E-state index contributed by atoms with van der Waals surface area (Å²) in [5.41, 5.74) is 0. The van der Waals surface area contributed by atoms with Gasteiger partial charge in [0.2, 0.25) is 0 Å². The number of aliphatic hydroxyl groups is 1. The molecule has 17 heavy (non-hydrogen) atoms. The lowest BCUT2D eigenvalue weighted by Gasteiger charge is -2.69. The Labute approximate surface area is 105 Å². The predicted molar refractivity (Wildman–Crippen MR) is 68.4 cm³/mol. The third-order valence-electron chi connectivity index (χ3n) is 6.93. The molecule has 0 unspecified atom stereocenters. The van der Waals surface area contributed by atoms with Gasteiger partial charge in [0.25, 0.3) is 0 Å². The Kier molecular flexibility index (Phi) is 2.38. The van der Waals surface area contributed by atoms with Crippen LogP contribution in [0.4, 0.5) is 0 Å². The minimum absolute atomic E-state index is 0.250. The molecule has 7 fully saturated rings. The van der Waals surface area contributed by atoms with Gasteiger partial charge >= 0.3 is 0 Å². The van der Waals surface area contributed by atoms with Gasteiger partial charge in [0.1, 0.15) is 0 Å². The second-order valence-corrected chi connectivity index (χ2v) is 7.45. The highest BCUT2D eigenvalue weighted by atomic mass is 16.2. The molecule has 0 atom stereocenters. The molecule has 0 amide bonds. The predicted octanol–water partition coefficient (Wildman–Crippen LogP) is 3.32. The molecule has 7 aliphatic carbocycles. The summed E-state index contributed by atoms with van der Waals surface area (Å²) in [5.74, 6) is 9.74. The molecule has 0 aromatic heterocycles. The smallest absolute Gasteiger partial charge is 0.0402 e. The summed E-state index contributed by atoms with van der Waals surface area (Å²) in [6.45, 7) is 1.93. The van der Waals surface area contributed by atoms with E-state index in [-0.39, 0.29) is 6.61 Å². The highest BCUT2D eigenvalue weighted by Crippen LogP contribution is 2.71. The van der Waals surface area contributed by atoms with Crippen molar-refractivity contribution < 1.29 is 5.11 Å². The fourth-order valence-electron chi connectivity index (χ4n) is 6.89. The van der Waals surface area contributed by atoms with Crippen LogP contribution in [-0.4, -0.2) is 11.7 Å². The third kappa shape index (κ3) is 1.35. The Balaban J connectivity index is 0.000000246. The number of hydrogen-bond acceptors (Lipinski definition) is 1. The zero-order valence-corrected chi connectivity index (χ0v) is 11.0. The summed E-state index contributed by atoms with van der Waals surface area (Å²) in [5, 5.41) is 7.57. The molecule has 0 aromatic carbocycles. The molecule has 1 nitrogen and oxygen atoms in total. The topological polar surface area (TPSA) is 20.2 Å². The molecule has 1 heteroatoms. The van der Waals surface area contributed by atoms with E-state index in [1.807, 2.05) is 0 Å². The molecule has 0 radical (unpaired) electrons. The Morgan fingerprint density at radius 1 is 0.647 bits per heavy atom. The second kappa shape index (κ2) is 3.73. The fourth-order valence-corrected chi connectivity index (χ4v) is 6.89. The van der Waals surface area contributed by atoms with Crippen LogP contribution in [-0.2, 0) is 0 Å². The molecule has 7 rings (SSSR count). The van der Waals surface area contributed by atoms with Crippen molar-refractivity contribution >= 4 is 0 Å². The Morgan fingerprint density at radius 3 is 1.00 bits per heavy atom. The summed E-state index contributed by atoms with van der Waals surface area (Å²) in [7, 11) is 0. The van der Waals surface area contributed by atoms with Crippen LogP contribution in [0.15, 0.2) is 0 Å². The van der Waals surface area contributed by atoms with Crippen molar-refractivity contribution in [3.05, 3.63) is 0 Å². The molecular formula is C16H26O. The van der Waals surface area contributed by atoms with Gasteiger partial charge in [0.15, 0.2) is 0 Å². The first kappa shape index (κ1) is 10.8. The normalized spacial score (nSPS) is 60.4. The van der Waals surface area contributed by atoms with E-state index in [2.05, 4.69) is 0 Å².